The fourth-order valence-corrected chi connectivity index (χ4v) is 2.56. The van der Waals surface area contributed by atoms with Crippen LogP contribution in [0.4, 0.5) is 23.1 Å². The third-order valence-electron chi connectivity index (χ3n) is 3.85. The van der Waals surface area contributed by atoms with Crippen molar-refractivity contribution in [3.05, 3.63) is 65.4 Å². The zero-order valence-corrected chi connectivity index (χ0v) is 14.1. The van der Waals surface area contributed by atoms with Crippen molar-refractivity contribution in [3.63, 3.8) is 0 Å². The number of benzene rings is 2. The molecule has 0 aliphatic rings. The number of nitrogens with zero attached hydrogens (tertiary/aromatic N) is 4. The maximum Gasteiger partial charge on any atom is 0.249 e. The summed E-state index contributed by atoms with van der Waals surface area (Å²) in [5, 5.41) is 23.5. The highest BCUT2D eigenvalue weighted by Crippen LogP contribution is 2.25. The van der Waals surface area contributed by atoms with Crippen molar-refractivity contribution < 1.29 is 0 Å². The second-order valence-corrected chi connectivity index (χ2v) is 5.54. The topological polar surface area (TPSA) is 86.5 Å². The van der Waals surface area contributed by atoms with Crippen LogP contribution in [-0.2, 0) is 6.42 Å². The Labute approximate surface area is 146 Å². The first-order valence-electron chi connectivity index (χ1n) is 8.02. The highest BCUT2D eigenvalue weighted by molar-refractivity contribution is 5.66. The number of aryl methyl sites for hydroxylation is 2. The van der Waals surface area contributed by atoms with Gasteiger partial charge in [0.15, 0.2) is 5.82 Å². The molecule has 0 fully saturated rings. The summed E-state index contributed by atoms with van der Waals surface area (Å²) in [5.41, 5.74) is 4.56. The minimum absolute atomic E-state index is 0.333. The first-order chi connectivity index (χ1) is 12.2. The lowest BCUT2D eigenvalue weighted by Crippen LogP contribution is -2.05. The lowest BCUT2D eigenvalue weighted by Gasteiger charge is -2.13. The van der Waals surface area contributed by atoms with E-state index >= 15 is 0 Å². The van der Waals surface area contributed by atoms with Crippen LogP contribution in [0.1, 0.15) is 23.6 Å². The third kappa shape index (κ3) is 3.72. The second kappa shape index (κ2) is 7.41. The number of rotatable bonds is 5. The van der Waals surface area contributed by atoms with Crippen LogP contribution in [-0.4, -0.2) is 15.2 Å². The smallest absolute Gasteiger partial charge is 0.249 e. The number of anilines is 4. The maximum atomic E-state index is 9.18. The lowest BCUT2D eigenvalue weighted by atomic mass is 10.1. The van der Waals surface area contributed by atoms with Gasteiger partial charge in [-0.15, -0.1) is 5.10 Å². The van der Waals surface area contributed by atoms with Crippen molar-refractivity contribution in [1.82, 2.24) is 15.2 Å². The van der Waals surface area contributed by atoms with E-state index in [2.05, 4.69) is 57.9 Å². The highest BCUT2D eigenvalue weighted by Gasteiger charge is 2.08. The zero-order chi connectivity index (χ0) is 17.6. The normalized spacial score (nSPS) is 10.1. The Balaban J connectivity index is 1.87. The molecule has 0 aliphatic carbocycles. The monoisotopic (exact) mass is 330 g/mol. The molecule has 0 atom stereocenters. The molecule has 3 aromatic rings. The molecule has 0 saturated carbocycles. The Bertz CT molecular complexity index is 929. The fraction of sp³-hybridized carbons (Fsp3) is 0.158. The molecule has 0 saturated heterocycles. The van der Waals surface area contributed by atoms with E-state index in [1.807, 2.05) is 18.2 Å². The van der Waals surface area contributed by atoms with E-state index in [-0.39, 0.29) is 0 Å². The van der Waals surface area contributed by atoms with Crippen LogP contribution >= 0.6 is 0 Å². The summed E-state index contributed by atoms with van der Waals surface area (Å²) in [4.78, 5) is 4.45. The van der Waals surface area contributed by atoms with E-state index in [4.69, 9.17) is 0 Å². The molecule has 6 nitrogen and oxygen atoms in total. The molecule has 2 N–H and O–H groups in total. The van der Waals surface area contributed by atoms with E-state index in [0.717, 1.165) is 17.7 Å². The molecule has 0 amide bonds. The molecule has 0 spiro atoms. The summed E-state index contributed by atoms with van der Waals surface area (Å²) in [6, 6.07) is 15.5. The van der Waals surface area contributed by atoms with Gasteiger partial charge in [-0.25, -0.2) is 0 Å². The van der Waals surface area contributed by atoms with Crippen molar-refractivity contribution in [2.24, 2.45) is 0 Å². The van der Waals surface area contributed by atoms with E-state index < -0.39 is 0 Å². The van der Waals surface area contributed by atoms with Crippen LogP contribution in [0, 0.1) is 18.3 Å². The number of hydrogen-bond donors (Lipinski definition) is 2. The predicted octanol–water partition coefficient (Wildman–Crippen LogP) is 4.10. The molecule has 0 aliphatic heterocycles. The van der Waals surface area contributed by atoms with Gasteiger partial charge in [-0.1, -0.05) is 37.3 Å². The number of aromatic nitrogens is 3. The summed E-state index contributed by atoms with van der Waals surface area (Å²) in [6.45, 7) is 4.17. The first kappa shape index (κ1) is 16.4. The van der Waals surface area contributed by atoms with Gasteiger partial charge in [0.05, 0.1) is 17.4 Å². The van der Waals surface area contributed by atoms with Crippen LogP contribution in [0.15, 0.2) is 48.7 Å². The summed E-state index contributed by atoms with van der Waals surface area (Å²) >= 11 is 0. The van der Waals surface area contributed by atoms with Gasteiger partial charge in [-0.2, -0.15) is 15.3 Å². The number of hydrogen-bond acceptors (Lipinski definition) is 6. The number of para-hydroxylation sites is 2. The van der Waals surface area contributed by atoms with Crippen molar-refractivity contribution in [1.29, 1.82) is 5.26 Å². The van der Waals surface area contributed by atoms with Crippen molar-refractivity contribution in [2.45, 2.75) is 20.3 Å². The molecule has 3 rings (SSSR count). The van der Waals surface area contributed by atoms with Crippen molar-refractivity contribution in [3.8, 4) is 6.07 Å². The average molecular weight is 330 g/mol. The van der Waals surface area contributed by atoms with Crippen molar-refractivity contribution in [2.75, 3.05) is 10.6 Å². The van der Waals surface area contributed by atoms with Gasteiger partial charge >= 0.3 is 0 Å². The van der Waals surface area contributed by atoms with Gasteiger partial charge in [0.2, 0.25) is 5.95 Å². The molecule has 25 heavy (non-hydrogen) atoms. The molecule has 0 radical (unpaired) electrons. The molecule has 1 aromatic heterocycles. The highest BCUT2D eigenvalue weighted by atomic mass is 15.3. The molecular formula is C19H18N6. The molecule has 0 bridgehead atoms. The Kier molecular flexibility index (Phi) is 4.86. The first-order valence-corrected chi connectivity index (χ1v) is 8.02. The van der Waals surface area contributed by atoms with E-state index in [1.54, 1.807) is 18.3 Å². The summed E-state index contributed by atoms with van der Waals surface area (Å²) in [5.74, 6) is 0.926. The van der Waals surface area contributed by atoms with E-state index in [1.165, 1.54) is 5.56 Å². The molecule has 124 valence electrons. The Morgan fingerprint density at radius 1 is 1.08 bits per heavy atom. The average Bonchev–Trinajstić information content (AvgIpc) is 2.64. The van der Waals surface area contributed by atoms with Crippen LogP contribution in [0.25, 0.3) is 0 Å². The fourth-order valence-electron chi connectivity index (χ4n) is 2.56. The molecule has 1 heterocycles. The zero-order valence-electron chi connectivity index (χ0n) is 14.1. The van der Waals surface area contributed by atoms with Crippen LogP contribution in [0.3, 0.4) is 0 Å². The van der Waals surface area contributed by atoms with Gasteiger partial charge < -0.3 is 10.6 Å². The van der Waals surface area contributed by atoms with Gasteiger partial charge in [0.25, 0.3) is 0 Å². The van der Waals surface area contributed by atoms with Crippen LogP contribution < -0.4 is 10.6 Å². The van der Waals surface area contributed by atoms with Gasteiger partial charge in [-0.05, 0) is 36.6 Å². The summed E-state index contributed by atoms with van der Waals surface area (Å²) < 4.78 is 0. The quantitative estimate of drug-likeness (QED) is 0.732. The molecular weight excluding hydrogens is 312 g/mol. The Morgan fingerprint density at radius 3 is 2.72 bits per heavy atom. The van der Waals surface area contributed by atoms with Gasteiger partial charge in [-0.3, -0.25) is 0 Å². The maximum absolute atomic E-state index is 9.18. The van der Waals surface area contributed by atoms with E-state index in [9.17, 15) is 5.26 Å². The largest absolute Gasteiger partial charge is 0.338 e. The minimum Gasteiger partial charge on any atom is -0.338 e. The SMILES string of the molecule is CCc1cccc(C)c1Nc1cnnc(Nc2ccccc2C#N)n1. The number of nitriles is 1. The lowest BCUT2D eigenvalue weighted by molar-refractivity contribution is 0.980. The van der Waals surface area contributed by atoms with Crippen LogP contribution in [0.2, 0.25) is 0 Å². The standard InChI is InChI=1S/C19H18N6/c1-3-14-9-6-7-13(2)18(14)23-17-12-21-25-19(24-17)22-16-10-5-4-8-15(16)11-20/h4-10,12H,3H2,1-2H3,(H2,22,23,24,25). The summed E-state index contributed by atoms with van der Waals surface area (Å²) in [7, 11) is 0. The van der Waals surface area contributed by atoms with Gasteiger partial charge in [0.1, 0.15) is 6.07 Å². The minimum atomic E-state index is 0.333. The van der Waals surface area contributed by atoms with Crippen molar-refractivity contribution >= 4 is 23.1 Å². The van der Waals surface area contributed by atoms with Crippen LogP contribution in [0.5, 0.6) is 0 Å². The Morgan fingerprint density at radius 2 is 1.92 bits per heavy atom. The third-order valence-corrected chi connectivity index (χ3v) is 3.85. The predicted molar refractivity (Wildman–Crippen MR) is 98.1 cm³/mol. The number of nitrogens with one attached hydrogen (secondary N) is 2. The molecule has 6 heteroatoms. The second-order valence-electron chi connectivity index (χ2n) is 5.54. The summed E-state index contributed by atoms with van der Waals surface area (Å²) in [6.07, 6.45) is 2.50. The molecule has 0 unspecified atom stereocenters. The Hall–Kier alpha value is -3.46. The van der Waals surface area contributed by atoms with E-state index in [0.29, 0.717) is 23.0 Å². The molecule has 2 aromatic carbocycles. The van der Waals surface area contributed by atoms with Gasteiger partial charge in [0, 0.05) is 5.69 Å².